The average molecular weight is 427 g/mol. The van der Waals surface area contributed by atoms with E-state index in [0.717, 1.165) is 5.69 Å². The van der Waals surface area contributed by atoms with E-state index in [1.807, 2.05) is 12.1 Å². The summed E-state index contributed by atoms with van der Waals surface area (Å²) in [4.78, 5) is 12.6. The Morgan fingerprint density at radius 2 is 2.00 bits per heavy atom. The maximum Gasteiger partial charge on any atom is 0.288 e. The molecule has 0 aliphatic carbocycles. The van der Waals surface area contributed by atoms with Gasteiger partial charge in [0, 0.05) is 15.6 Å². The maximum absolute atomic E-state index is 12.3. The Morgan fingerprint density at radius 3 is 2.70 bits per heavy atom. The first kappa shape index (κ1) is 19.7. The van der Waals surface area contributed by atoms with Crippen molar-refractivity contribution in [3.05, 3.63) is 59.9 Å². The lowest BCUT2D eigenvalue weighted by molar-refractivity contribution is -0.113. The van der Waals surface area contributed by atoms with Gasteiger partial charge in [-0.25, -0.2) is 0 Å². The summed E-state index contributed by atoms with van der Waals surface area (Å²) in [6.45, 7) is 0. The number of carbonyl (C=O) groups excluding carboxylic acids is 1. The first-order chi connectivity index (χ1) is 13.0. The molecule has 0 radical (unpaired) electrons. The molecule has 2 aromatic carbocycles. The summed E-state index contributed by atoms with van der Waals surface area (Å²) in [5, 5.41) is 11.8. The van der Waals surface area contributed by atoms with Crippen LogP contribution in [0.3, 0.4) is 0 Å². The van der Waals surface area contributed by atoms with Crippen LogP contribution in [0.4, 0.5) is 14.5 Å². The van der Waals surface area contributed by atoms with Crippen molar-refractivity contribution >= 4 is 46.7 Å². The molecule has 1 amide bonds. The maximum atomic E-state index is 12.3. The van der Waals surface area contributed by atoms with E-state index in [1.165, 1.54) is 23.9 Å². The van der Waals surface area contributed by atoms with Crippen molar-refractivity contribution in [3.8, 4) is 5.69 Å². The second-order valence-corrected chi connectivity index (χ2v) is 7.65. The van der Waals surface area contributed by atoms with Crippen molar-refractivity contribution in [2.45, 2.75) is 15.8 Å². The van der Waals surface area contributed by atoms with Gasteiger partial charge in [0.05, 0.1) is 11.4 Å². The lowest BCUT2D eigenvalue weighted by Crippen LogP contribution is -2.14. The van der Waals surface area contributed by atoms with Crippen molar-refractivity contribution in [2.24, 2.45) is 0 Å². The molecule has 1 aromatic heterocycles. The molecule has 140 valence electrons. The second kappa shape index (κ2) is 9.20. The number of hydrogen-bond donors (Lipinski definition) is 1. The minimum Gasteiger partial charge on any atom is -0.325 e. The van der Waals surface area contributed by atoms with Gasteiger partial charge in [-0.05, 0) is 42.5 Å². The fourth-order valence-corrected chi connectivity index (χ4v) is 3.59. The van der Waals surface area contributed by atoms with Crippen LogP contribution in [0.15, 0.2) is 64.9 Å². The fraction of sp³-hybridized carbons (Fsp3) is 0.118. The van der Waals surface area contributed by atoms with Crippen LogP contribution in [0.5, 0.6) is 0 Å². The third-order valence-electron chi connectivity index (χ3n) is 3.30. The number of aromatic nitrogens is 3. The summed E-state index contributed by atoms with van der Waals surface area (Å²) in [6.07, 6.45) is 1.55. The van der Waals surface area contributed by atoms with Crippen molar-refractivity contribution in [2.75, 3.05) is 11.1 Å². The quantitative estimate of drug-likeness (QED) is 0.541. The highest BCUT2D eigenvalue weighted by Crippen LogP contribution is 2.26. The molecule has 0 atom stereocenters. The van der Waals surface area contributed by atoms with E-state index in [1.54, 1.807) is 35.2 Å². The van der Waals surface area contributed by atoms with E-state index in [2.05, 4.69) is 15.5 Å². The number of benzene rings is 2. The number of carbonyl (C=O) groups is 1. The Bertz CT molecular complexity index is 921. The number of nitrogens with zero attached hydrogens (tertiary/aromatic N) is 3. The summed E-state index contributed by atoms with van der Waals surface area (Å²) in [5.41, 5.74) is 1.33. The third-order valence-corrected chi connectivity index (χ3v) is 5.20. The van der Waals surface area contributed by atoms with Gasteiger partial charge >= 0.3 is 0 Å². The number of amides is 1. The Labute approximate surface area is 167 Å². The zero-order chi connectivity index (χ0) is 19.2. The van der Waals surface area contributed by atoms with E-state index in [9.17, 15) is 13.6 Å². The molecule has 0 saturated heterocycles. The van der Waals surface area contributed by atoms with Gasteiger partial charge in [0.1, 0.15) is 6.33 Å². The van der Waals surface area contributed by atoms with Crippen LogP contribution in [0.1, 0.15) is 0 Å². The predicted molar refractivity (Wildman–Crippen MR) is 104 cm³/mol. The highest BCUT2D eigenvalue weighted by molar-refractivity contribution is 8.00. The number of thioether (sulfide) groups is 2. The highest BCUT2D eigenvalue weighted by atomic mass is 35.5. The number of alkyl halides is 2. The molecule has 1 heterocycles. The zero-order valence-electron chi connectivity index (χ0n) is 13.7. The van der Waals surface area contributed by atoms with E-state index < -0.39 is 5.76 Å². The molecule has 27 heavy (non-hydrogen) atoms. The SMILES string of the molecule is O=C(CSc1nncn1-c1cccc(Cl)c1)Nc1ccc(SC(F)F)cc1. The van der Waals surface area contributed by atoms with Gasteiger partial charge in [-0.15, -0.1) is 10.2 Å². The molecule has 1 N–H and O–H groups in total. The molecule has 0 bridgehead atoms. The zero-order valence-corrected chi connectivity index (χ0v) is 16.1. The van der Waals surface area contributed by atoms with Gasteiger partial charge < -0.3 is 5.32 Å². The summed E-state index contributed by atoms with van der Waals surface area (Å²) in [6, 6.07) is 13.5. The average Bonchev–Trinajstić information content (AvgIpc) is 3.10. The van der Waals surface area contributed by atoms with Gasteiger partial charge in [-0.2, -0.15) is 8.78 Å². The van der Waals surface area contributed by atoms with Crippen molar-refractivity contribution in [1.29, 1.82) is 0 Å². The molecule has 0 spiro atoms. The van der Waals surface area contributed by atoms with Crippen molar-refractivity contribution in [1.82, 2.24) is 14.8 Å². The molecular weight excluding hydrogens is 414 g/mol. The predicted octanol–water partition coefficient (Wildman–Crippen LogP) is 4.97. The summed E-state index contributed by atoms with van der Waals surface area (Å²) < 4.78 is 26.4. The third kappa shape index (κ3) is 5.69. The lowest BCUT2D eigenvalue weighted by atomic mass is 10.3. The minimum atomic E-state index is -2.47. The smallest absolute Gasteiger partial charge is 0.288 e. The van der Waals surface area contributed by atoms with Gasteiger partial charge in [0.15, 0.2) is 5.16 Å². The lowest BCUT2D eigenvalue weighted by Gasteiger charge is -2.08. The highest BCUT2D eigenvalue weighted by Gasteiger charge is 2.11. The van der Waals surface area contributed by atoms with Crippen LogP contribution in [-0.2, 0) is 4.79 Å². The van der Waals surface area contributed by atoms with Crippen LogP contribution in [0, 0.1) is 0 Å². The molecule has 0 fully saturated rings. The van der Waals surface area contributed by atoms with Crippen LogP contribution < -0.4 is 5.32 Å². The number of halogens is 3. The standard InChI is InChI=1S/C17H13ClF2N4OS2/c18-11-2-1-3-13(8-11)24-10-21-23-17(24)26-9-15(25)22-12-4-6-14(7-5-12)27-16(19)20/h1-8,10,16H,9H2,(H,22,25). The Kier molecular flexibility index (Phi) is 6.70. The summed E-state index contributed by atoms with van der Waals surface area (Å²) >= 11 is 7.68. The van der Waals surface area contributed by atoms with Crippen molar-refractivity contribution < 1.29 is 13.6 Å². The molecule has 10 heteroatoms. The van der Waals surface area contributed by atoms with E-state index in [0.29, 0.717) is 32.5 Å². The second-order valence-electron chi connectivity index (χ2n) is 5.20. The fourth-order valence-electron chi connectivity index (χ4n) is 2.17. The van der Waals surface area contributed by atoms with E-state index in [4.69, 9.17) is 11.6 Å². The molecule has 5 nitrogen and oxygen atoms in total. The molecule has 0 aliphatic rings. The van der Waals surface area contributed by atoms with Crippen LogP contribution in [0.2, 0.25) is 5.02 Å². The van der Waals surface area contributed by atoms with E-state index >= 15 is 0 Å². The monoisotopic (exact) mass is 426 g/mol. The largest absolute Gasteiger partial charge is 0.325 e. The van der Waals surface area contributed by atoms with Gasteiger partial charge in [-0.1, -0.05) is 41.2 Å². The number of anilines is 1. The number of rotatable bonds is 7. The van der Waals surface area contributed by atoms with Crippen LogP contribution >= 0.6 is 35.1 Å². The molecule has 3 rings (SSSR count). The normalized spacial score (nSPS) is 11.0. The first-order valence-electron chi connectivity index (χ1n) is 7.65. The molecule has 0 aliphatic heterocycles. The van der Waals surface area contributed by atoms with Gasteiger partial charge in [0.25, 0.3) is 5.76 Å². The van der Waals surface area contributed by atoms with E-state index in [-0.39, 0.29) is 11.7 Å². The Morgan fingerprint density at radius 1 is 1.22 bits per heavy atom. The van der Waals surface area contributed by atoms with Gasteiger partial charge in [0.2, 0.25) is 5.91 Å². The Balaban J connectivity index is 1.58. The molecule has 3 aromatic rings. The number of hydrogen-bond acceptors (Lipinski definition) is 5. The minimum absolute atomic E-state index is 0.118. The molecule has 0 saturated carbocycles. The van der Waals surface area contributed by atoms with Gasteiger partial charge in [-0.3, -0.25) is 9.36 Å². The van der Waals surface area contributed by atoms with Crippen LogP contribution in [-0.4, -0.2) is 32.2 Å². The Hall–Kier alpha value is -2.10. The topological polar surface area (TPSA) is 59.8 Å². The van der Waals surface area contributed by atoms with Crippen molar-refractivity contribution in [3.63, 3.8) is 0 Å². The number of nitrogens with one attached hydrogen (secondary N) is 1. The molecule has 0 unspecified atom stereocenters. The molecular formula is C17H13ClF2N4OS2. The first-order valence-corrected chi connectivity index (χ1v) is 9.89. The van der Waals surface area contributed by atoms with Crippen LogP contribution in [0.25, 0.3) is 5.69 Å². The summed E-state index contributed by atoms with van der Waals surface area (Å²) in [5.74, 6) is -2.60. The summed E-state index contributed by atoms with van der Waals surface area (Å²) in [7, 11) is 0.